The summed E-state index contributed by atoms with van der Waals surface area (Å²) in [6.45, 7) is 7.45. The minimum atomic E-state index is -0.932. The first-order chi connectivity index (χ1) is 11.2. The summed E-state index contributed by atoms with van der Waals surface area (Å²) in [6.07, 6.45) is 0. The van der Waals surface area contributed by atoms with E-state index in [1.54, 1.807) is 11.4 Å². The van der Waals surface area contributed by atoms with Crippen LogP contribution in [-0.4, -0.2) is 18.3 Å². The van der Waals surface area contributed by atoms with Gasteiger partial charge in [-0.1, -0.05) is 6.07 Å². The molecule has 1 fully saturated rings. The number of thiophene rings is 1. The summed E-state index contributed by atoms with van der Waals surface area (Å²) in [5.74, 6) is -1.48. The molecule has 3 rings (SSSR count). The Morgan fingerprint density at radius 3 is 2.29 bits per heavy atom. The number of nitriles is 1. The molecule has 0 atom stereocenters. The van der Waals surface area contributed by atoms with Gasteiger partial charge in [-0.3, -0.25) is 0 Å². The molecule has 1 saturated heterocycles. The van der Waals surface area contributed by atoms with Gasteiger partial charge in [-0.05, 0) is 45.2 Å². The Kier molecular flexibility index (Phi) is 4.03. The van der Waals surface area contributed by atoms with Crippen LogP contribution >= 0.6 is 11.3 Å². The predicted octanol–water partition coefficient (Wildman–Crippen LogP) is 3.86. The highest BCUT2D eigenvalue weighted by molar-refractivity contribution is 7.11. The van der Waals surface area contributed by atoms with Crippen LogP contribution < -0.4 is 5.46 Å². The Morgan fingerprint density at radius 2 is 1.71 bits per heavy atom. The predicted molar refractivity (Wildman–Crippen MR) is 90.1 cm³/mol. The van der Waals surface area contributed by atoms with Gasteiger partial charge in [0.1, 0.15) is 22.6 Å². The molecular weight excluding hydrogens is 331 g/mol. The first-order valence-electron chi connectivity index (χ1n) is 7.49. The van der Waals surface area contributed by atoms with Crippen molar-refractivity contribution in [3.05, 3.63) is 40.1 Å². The number of hydrogen-bond donors (Lipinski definition) is 0. The first-order valence-corrected chi connectivity index (χ1v) is 8.37. The summed E-state index contributed by atoms with van der Waals surface area (Å²) in [7, 11) is -0.932. The van der Waals surface area contributed by atoms with Crippen LogP contribution in [0.5, 0.6) is 0 Å². The van der Waals surface area contributed by atoms with Gasteiger partial charge in [-0.15, -0.1) is 11.3 Å². The Balaban J connectivity index is 2.11. The largest absolute Gasteiger partial charge is 0.497 e. The van der Waals surface area contributed by atoms with Crippen molar-refractivity contribution in [1.82, 2.24) is 0 Å². The van der Waals surface area contributed by atoms with E-state index in [0.717, 1.165) is 11.3 Å². The Hall–Kier alpha value is -1.75. The topological polar surface area (TPSA) is 42.2 Å². The van der Waals surface area contributed by atoms with Crippen LogP contribution in [0.25, 0.3) is 11.1 Å². The van der Waals surface area contributed by atoms with E-state index < -0.39 is 30.0 Å². The number of nitrogens with zero attached hydrogens (tertiary/aromatic N) is 1. The van der Waals surface area contributed by atoms with E-state index in [1.165, 1.54) is 12.1 Å². The van der Waals surface area contributed by atoms with Crippen molar-refractivity contribution in [3.63, 3.8) is 0 Å². The van der Waals surface area contributed by atoms with E-state index in [9.17, 15) is 4.39 Å². The standard InChI is InChI=1S/C17H16BF2NO2S/c1-16(2)17(3,4)23-18(22-16)11-5-6-12(19)14(15(11)20)10-7-8-24-13(10)9-21/h5-8H,1-4H3. The lowest BCUT2D eigenvalue weighted by Gasteiger charge is -2.32. The van der Waals surface area contributed by atoms with Gasteiger partial charge >= 0.3 is 7.12 Å². The highest BCUT2D eigenvalue weighted by atomic mass is 32.1. The molecule has 3 nitrogen and oxygen atoms in total. The minimum absolute atomic E-state index is 0.125. The molecular formula is C17H16BF2NO2S. The summed E-state index contributed by atoms with van der Waals surface area (Å²) in [4.78, 5) is 0.263. The average molecular weight is 347 g/mol. The van der Waals surface area contributed by atoms with Crippen molar-refractivity contribution in [1.29, 1.82) is 5.26 Å². The zero-order valence-electron chi connectivity index (χ0n) is 13.8. The highest BCUT2D eigenvalue weighted by Gasteiger charge is 2.52. The Labute approximate surface area is 144 Å². The van der Waals surface area contributed by atoms with Crippen LogP contribution in [0.1, 0.15) is 32.6 Å². The zero-order chi connectivity index (χ0) is 17.7. The second kappa shape index (κ2) is 5.66. The lowest BCUT2D eigenvalue weighted by Crippen LogP contribution is -2.41. The summed E-state index contributed by atoms with van der Waals surface area (Å²) < 4.78 is 41.0. The van der Waals surface area contributed by atoms with Crippen LogP contribution in [0.2, 0.25) is 0 Å². The lowest BCUT2D eigenvalue weighted by molar-refractivity contribution is 0.00578. The van der Waals surface area contributed by atoms with E-state index in [0.29, 0.717) is 0 Å². The monoisotopic (exact) mass is 347 g/mol. The van der Waals surface area contributed by atoms with Gasteiger partial charge in [0.25, 0.3) is 0 Å². The fourth-order valence-corrected chi connectivity index (χ4v) is 3.25. The van der Waals surface area contributed by atoms with Gasteiger partial charge in [-0.2, -0.15) is 5.26 Å². The SMILES string of the molecule is CC1(C)OB(c2ccc(F)c(-c3ccsc3C#N)c2F)OC1(C)C. The third kappa shape index (κ3) is 2.55. The molecule has 1 aliphatic rings. The van der Waals surface area contributed by atoms with Crippen LogP contribution in [0.15, 0.2) is 23.6 Å². The third-order valence-electron chi connectivity index (χ3n) is 4.66. The molecule has 0 radical (unpaired) electrons. The van der Waals surface area contributed by atoms with Gasteiger partial charge < -0.3 is 9.31 Å². The molecule has 7 heteroatoms. The van der Waals surface area contributed by atoms with Crippen LogP contribution in [-0.2, 0) is 9.31 Å². The molecule has 2 aromatic rings. The maximum absolute atomic E-state index is 15.1. The molecule has 1 aromatic carbocycles. The third-order valence-corrected chi connectivity index (χ3v) is 5.48. The highest BCUT2D eigenvalue weighted by Crippen LogP contribution is 2.38. The lowest BCUT2D eigenvalue weighted by atomic mass is 9.77. The molecule has 0 N–H and O–H groups in total. The summed E-state index contributed by atoms with van der Waals surface area (Å²) in [6, 6.07) is 6.01. The summed E-state index contributed by atoms with van der Waals surface area (Å²) in [5, 5.41) is 10.8. The van der Waals surface area contributed by atoms with Crippen molar-refractivity contribution in [2.75, 3.05) is 0 Å². The maximum atomic E-state index is 15.1. The molecule has 124 valence electrons. The summed E-state index contributed by atoms with van der Waals surface area (Å²) >= 11 is 1.14. The minimum Gasteiger partial charge on any atom is -0.399 e. The van der Waals surface area contributed by atoms with Gasteiger partial charge in [-0.25, -0.2) is 8.78 Å². The molecule has 0 spiro atoms. The van der Waals surface area contributed by atoms with Crippen LogP contribution in [0.4, 0.5) is 8.78 Å². The quantitative estimate of drug-likeness (QED) is 0.775. The van der Waals surface area contributed by atoms with E-state index >= 15 is 4.39 Å². The molecule has 0 bridgehead atoms. The molecule has 0 saturated carbocycles. The first kappa shape index (κ1) is 17.1. The van der Waals surface area contributed by atoms with E-state index in [4.69, 9.17) is 14.6 Å². The maximum Gasteiger partial charge on any atom is 0.497 e. The van der Waals surface area contributed by atoms with Crippen molar-refractivity contribution in [3.8, 4) is 17.2 Å². The molecule has 0 unspecified atom stereocenters. The van der Waals surface area contributed by atoms with Crippen molar-refractivity contribution in [2.24, 2.45) is 0 Å². The Bertz CT molecular complexity index is 826. The zero-order valence-corrected chi connectivity index (χ0v) is 14.6. The van der Waals surface area contributed by atoms with Crippen molar-refractivity contribution in [2.45, 2.75) is 38.9 Å². The smallest absolute Gasteiger partial charge is 0.399 e. The average Bonchev–Trinajstić information content (AvgIpc) is 3.01. The van der Waals surface area contributed by atoms with Crippen molar-refractivity contribution >= 4 is 23.9 Å². The second-order valence-electron chi connectivity index (χ2n) is 6.69. The second-order valence-corrected chi connectivity index (χ2v) is 7.61. The van der Waals surface area contributed by atoms with Gasteiger partial charge in [0.05, 0.1) is 16.8 Å². The van der Waals surface area contributed by atoms with Crippen molar-refractivity contribution < 1.29 is 18.1 Å². The van der Waals surface area contributed by atoms with Gasteiger partial charge in [0.2, 0.25) is 0 Å². The number of hydrogen-bond acceptors (Lipinski definition) is 4. The Morgan fingerprint density at radius 1 is 1.08 bits per heavy atom. The normalized spacial score (nSPS) is 18.6. The fourth-order valence-electron chi connectivity index (χ4n) is 2.56. The number of benzene rings is 1. The molecule has 24 heavy (non-hydrogen) atoms. The van der Waals surface area contributed by atoms with E-state index in [1.807, 2.05) is 33.8 Å². The fraction of sp³-hybridized carbons (Fsp3) is 0.353. The number of halogens is 2. The molecule has 2 heterocycles. The van der Waals surface area contributed by atoms with E-state index in [2.05, 4.69) is 0 Å². The van der Waals surface area contributed by atoms with Crippen LogP contribution in [0.3, 0.4) is 0 Å². The molecule has 1 aromatic heterocycles. The van der Waals surface area contributed by atoms with Crippen LogP contribution in [0, 0.1) is 23.0 Å². The number of rotatable bonds is 2. The van der Waals surface area contributed by atoms with Gasteiger partial charge in [0.15, 0.2) is 0 Å². The van der Waals surface area contributed by atoms with E-state index in [-0.39, 0.29) is 21.5 Å². The molecule has 1 aliphatic heterocycles. The van der Waals surface area contributed by atoms with Gasteiger partial charge in [0, 0.05) is 11.0 Å². The molecule has 0 amide bonds. The summed E-state index contributed by atoms with van der Waals surface area (Å²) in [5.41, 5.74) is -1.10. The molecule has 0 aliphatic carbocycles.